The number of nitrogens with two attached hydrogens (primary N) is 1. The molecule has 1 aliphatic rings. The second kappa shape index (κ2) is 8.00. The van der Waals surface area contributed by atoms with Crippen molar-refractivity contribution in [3.8, 4) is 0 Å². The normalized spacial score (nSPS) is 24.7. The van der Waals surface area contributed by atoms with Crippen LogP contribution in [0.5, 0.6) is 0 Å². The van der Waals surface area contributed by atoms with Gasteiger partial charge in [-0.25, -0.2) is 9.18 Å². The molecule has 1 aliphatic heterocycles. The number of aryl methyl sites for hydroxylation is 1. The van der Waals surface area contributed by atoms with E-state index in [9.17, 15) is 24.2 Å². The average molecular weight is 393 g/mol. The molecule has 2 aromatic rings. The van der Waals surface area contributed by atoms with Gasteiger partial charge in [0.15, 0.2) is 11.6 Å². The van der Waals surface area contributed by atoms with Gasteiger partial charge in [-0.1, -0.05) is 6.07 Å². The molecule has 3 heterocycles. The number of ether oxygens (including phenoxy) is 1. The van der Waals surface area contributed by atoms with E-state index in [0.717, 1.165) is 16.3 Å². The molecular weight excluding hydrogens is 373 g/mol. The predicted molar refractivity (Wildman–Crippen MR) is 94.8 cm³/mol. The number of pyridine rings is 1. The fourth-order valence-electron chi connectivity index (χ4n) is 2.82. The summed E-state index contributed by atoms with van der Waals surface area (Å²) >= 11 is 0. The van der Waals surface area contributed by atoms with Gasteiger partial charge in [0, 0.05) is 12.4 Å². The predicted octanol–water partition coefficient (Wildman–Crippen LogP) is -1.41. The molecule has 150 valence electrons. The average Bonchev–Trinajstić information content (AvgIpc) is 2.66. The minimum absolute atomic E-state index is 0.125. The van der Waals surface area contributed by atoms with Crippen LogP contribution in [-0.4, -0.2) is 61.6 Å². The van der Waals surface area contributed by atoms with E-state index in [0.29, 0.717) is 0 Å². The third kappa shape index (κ3) is 4.16. The number of hydrogen-bond acceptors (Lipinski definition) is 8. The number of anilines is 1. The number of carbonyl (C=O) groups is 1. The summed E-state index contributed by atoms with van der Waals surface area (Å²) in [4.78, 5) is 31.3. The lowest BCUT2D eigenvalue weighted by atomic mass is 9.97. The molecule has 0 spiro atoms. The number of halogens is 1. The molecular formula is C17H20FN5O5. The van der Waals surface area contributed by atoms with Crippen LogP contribution in [0.4, 0.5) is 10.2 Å². The van der Waals surface area contributed by atoms with E-state index in [1.54, 1.807) is 6.07 Å². The van der Waals surface area contributed by atoms with Crippen LogP contribution in [0, 0.1) is 12.7 Å². The van der Waals surface area contributed by atoms with Gasteiger partial charge in [0.2, 0.25) is 0 Å². The van der Waals surface area contributed by atoms with Crippen molar-refractivity contribution in [1.82, 2.24) is 19.9 Å². The maximum absolute atomic E-state index is 13.5. The van der Waals surface area contributed by atoms with E-state index in [1.807, 2.05) is 6.92 Å². The van der Waals surface area contributed by atoms with Gasteiger partial charge in [-0.3, -0.25) is 14.3 Å². The maximum atomic E-state index is 13.5. The van der Waals surface area contributed by atoms with Crippen LogP contribution in [0.2, 0.25) is 0 Å². The number of nitrogens with one attached hydrogen (secondary N) is 1. The number of aliphatic hydroxyl groups excluding tert-OH is 2. The highest BCUT2D eigenvalue weighted by molar-refractivity contribution is 5.92. The Morgan fingerprint density at radius 1 is 1.43 bits per heavy atom. The number of amides is 1. The summed E-state index contributed by atoms with van der Waals surface area (Å²) in [5.41, 5.74) is 5.46. The highest BCUT2D eigenvalue weighted by Crippen LogP contribution is 2.18. The van der Waals surface area contributed by atoms with Crippen LogP contribution < -0.4 is 16.7 Å². The second-order valence-corrected chi connectivity index (χ2v) is 6.56. The fourth-order valence-corrected chi connectivity index (χ4v) is 2.82. The number of nitrogen functional groups attached to an aromatic ring is 1. The lowest BCUT2D eigenvalue weighted by molar-refractivity contribution is -0.152. The Morgan fingerprint density at radius 2 is 2.18 bits per heavy atom. The van der Waals surface area contributed by atoms with Crippen molar-refractivity contribution >= 4 is 11.7 Å². The van der Waals surface area contributed by atoms with E-state index in [4.69, 9.17) is 10.5 Å². The first-order chi connectivity index (χ1) is 13.3. The summed E-state index contributed by atoms with van der Waals surface area (Å²) in [5, 5.41) is 23.2. The van der Waals surface area contributed by atoms with Gasteiger partial charge in [-0.15, -0.1) is 0 Å². The number of rotatable bonds is 4. The summed E-state index contributed by atoms with van der Waals surface area (Å²) in [5.74, 6) is -1.95. The molecule has 0 saturated carbocycles. The summed E-state index contributed by atoms with van der Waals surface area (Å²) in [7, 11) is 0. The third-order valence-corrected chi connectivity index (χ3v) is 4.45. The first-order valence-electron chi connectivity index (χ1n) is 8.50. The molecule has 0 aromatic carbocycles. The Morgan fingerprint density at radius 3 is 2.86 bits per heavy atom. The van der Waals surface area contributed by atoms with E-state index in [1.165, 1.54) is 12.3 Å². The highest BCUT2D eigenvalue weighted by Gasteiger charge is 2.39. The highest BCUT2D eigenvalue weighted by atomic mass is 19.1. The topological polar surface area (TPSA) is 153 Å². The standard InChI is InChI=1S/C17H20FN5O5/c1-8-2-3-10(20-4-8)16(26)21-11-7-28-12(14(25)13(11)24)6-23-5-9(18)15(19)22-17(23)27/h2-5,11-14,24-25H,6-7H2,1H3,(H,21,26)(H2,19,22,27)/t11-,12-,13+,14-/m1/s1. The summed E-state index contributed by atoms with van der Waals surface area (Å²) < 4.78 is 19.9. The number of aromatic nitrogens is 3. The van der Waals surface area contributed by atoms with Gasteiger partial charge < -0.3 is 26.0 Å². The van der Waals surface area contributed by atoms with Crippen LogP contribution in [0.25, 0.3) is 0 Å². The monoisotopic (exact) mass is 393 g/mol. The van der Waals surface area contributed by atoms with Crippen molar-refractivity contribution in [3.63, 3.8) is 0 Å². The van der Waals surface area contributed by atoms with Gasteiger partial charge in [-0.2, -0.15) is 4.98 Å². The molecule has 0 aliphatic carbocycles. The largest absolute Gasteiger partial charge is 0.388 e. The molecule has 0 bridgehead atoms. The van der Waals surface area contributed by atoms with Crippen LogP contribution >= 0.6 is 0 Å². The Labute approximate surface area is 158 Å². The minimum atomic E-state index is -1.43. The summed E-state index contributed by atoms with van der Waals surface area (Å²) in [6.45, 7) is 1.46. The van der Waals surface area contributed by atoms with Crippen molar-refractivity contribution in [1.29, 1.82) is 0 Å². The number of nitrogens with zero attached hydrogens (tertiary/aromatic N) is 3. The van der Waals surface area contributed by atoms with E-state index < -0.39 is 47.6 Å². The Bertz CT molecular complexity index is 919. The molecule has 1 fully saturated rings. The molecule has 1 saturated heterocycles. The number of aliphatic hydroxyl groups is 2. The van der Waals surface area contributed by atoms with Gasteiger partial charge in [0.05, 0.1) is 19.2 Å². The van der Waals surface area contributed by atoms with Crippen molar-refractivity contribution in [2.24, 2.45) is 0 Å². The fraction of sp³-hybridized carbons (Fsp3) is 0.412. The molecule has 1 amide bonds. The van der Waals surface area contributed by atoms with Gasteiger partial charge >= 0.3 is 5.69 Å². The quantitative estimate of drug-likeness (QED) is 0.494. The SMILES string of the molecule is Cc1ccc(C(=O)N[C@@H]2CO[C@H](Cn3cc(F)c(N)nc3=O)[C@@H](O)[C@H]2O)nc1. The van der Waals surface area contributed by atoms with Crippen molar-refractivity contribution in [3.05, 3.63) is 52.1 Å². The van der Waals surface area contributed by atoms with E-state index in [2.05, 4.69) is 15.3 Å². The van der Waals surface area contributed by atoms with Crippen LogP contribution in [0.3, 0.4) is 0 Å². The zero-order valence-corrected chi connectivity index (χ0v) is 14.9. The second-order valence-electron chi connectivity index (χ2n) is 6.56. The van der Waals surface area contributed by atoms with Gasteiger partial charge in [0.1, 0.15) is 24.0 Å². The molecule has 11 heteroatoms. The van der Waals surface area contributed by atoms with E-state index in [-0.39, 0.29) is 18.8 Å². The maximum Gasteiger partial charge on any atom is 0.349 e. The minimum Gasteiger partial charge on any atom is -0.388 e. The molecule has 3 rings (SSSR count). The Kier molecular flexibility index (Phi) is 5.68. The zero-order chi connectivity index (χ0) is 20.4. The van der Waals surface area contributed by atoms with Gasteiger partial charge in [-0.05, 0) is 18.6 Å². The van der Waals surface area contributed by atoms with Crippen molar-refractivity contribution in [2.75, 3.05) is 12.3 Å². The molecule has 10 nitrogen and oxygen atoms in total. The molecule has 2 aromatic heterocycles. The Hall–Kier alpha value is -2.89. The summed E-state index contributed by atoms with van der Waals surface area (Å²) in [6.07, 6.45) is -1.43. The van der Waals surface area contributed by atoms with E-state index >= 15 is 0 Å². The smallest absolute Gasteiger partial charge is 0.349 e. The van der Waals surface area contributed by atoms with Crippen LogP contribution in [-0.2, 0) is 11.3 Å². The Balaban J connectivity index is 1.65. The summed E-state index contributed by atoms with van der Waals surface area (Å²) in [6, 6.07) is 2.37. The first-order valence-corrected chi connectivity index (χ1v) is 8.50. The molecule has 4 atom stereocenters. The first kappa shape index (κ1) is 19.9. The van der Waals surface area contributed by atoms with Crippen LogP contribution in [0.1, 0.15) is 16.1 Å². The van der Waals surface area contributed by atoms with Crippen molar-refractivity contribution < 1.29 is 24.1 Å². The number of hydrogen-bond donors (Lipinski definition) is 4. The lowest BCUT2D eigenvalue weighted by Crippen LogP contribution is -2.60. The molecule has 28 heavy (non-hydrogen) atoms. The van der Waals surface area contributed by atoms with Crippen LogP contribution in [0.15, 0.2) is 29.3 Å². The lowest BCUT2D eigenvalue weighted by Gasteiger charge is -2.38. The van der Waals surface area contributed by atoms with Crippen molar-refractivity contribution in [2.45, 2.75) is 37.8 Å². The molecule has 5 N–H and O–H groups in total. The third-order valence-electron chi connectivity index (χ3n) is 4.45. The zero-order valence-electron chi connectivity index (χ0n) is 14.9. The molecule has 0 unspecified atom stereocenters. The molecule has 0 radical (unpaired) electrons. The van der Waals surface area contributed by atoms with Gasteiger partial charge in [0.25, 0.3) is 5.91 Å². The number of carbonyl (C=O) groups excluding carboxylic acids is 1.